The number of nitrogens with one attached hydrogen (secondary N) is 1. The summed E-state index contributed by atoms with van der Waals surface area (Å²) < 4.78 is 10.9. The van der Waals surface area contributed by atoms with E-state index < -0.39 is 6.10 Å². The van der Waals surface area contributed by atoms with E-state index in [4.69, 9.17) is 21.1 Å². The largest absolute Gasteiger partial charge is 0.495 e. The maximum absolute atomic E-state index is 12.3. The molecule has 0 radical (unpaired) electrons. The fourth-order valence-corrected chi connectivity index (χ4v) is 3.12. The highest BCUT2D eigenvalue weighted by molar-refractivity contribution is 6.32. The van der Waals surface area contributed by atoms with Gasteiger partial charge in [0.25, 0.3) is 5.91 Å². The molecule has 126 valence electrons. The molecule has 3 rings (SSSR count). The zero-order valence-electron chi connectivity index (χ0n) is 13.8. The van der Waals surface area contributed by atoms with Crippen LogP contribution >= 0.6 is 11.6 Å². The van der Waals surface area contributed by atoms with Gasteiger partial charge in [-0.05, 0) is 67.6 Å². The predicted octanol–water partition coefficient (Wildman–Crippen LogP) is 4.24. The van der Waals surface area contributed by atoms with Gasteiger partial charge >= 0.3 is 0 Å². The molecule has 0 saturated heterocycles. The number of carbonyl (C=O) groups is 1. The molecule has 24 heavy (non-hydrogen) atoms. The summed E-state index contributed by atoms with van der Waals surface area (Å²) in [5.41, 5.74) is 3.31. The molecule has 0 spiro atoms. The summed E-state index contributed by atoms with van der Waals surface area (Å²) in [6, 6.07) is 11.2. The van der Waals surface area contributed by atoms with Crippen molar-refractivity contribution < 1.29 is 14.3 Å². The molecule has 5 heteroatoms. The number of carbonyl (C=O) groups excluding carboxylic acids is 1. The Morgan fingerprint density at radius 2 is 1.96 bits per heavy atom. The van der Waals surface area contributed by atoms with E-state index in [2.05, 4.69) is 11.4 Å². The van der Waals surface area contributed by atoms with Crippen molar-refractivity contribution in [3.05, 3.63) is 52.5 Å². The van der Waals surface area contributed by atoms with E-state index in [9.17, 15) is 4.79 Å². The van der Waals surface area contributed by atoms with Gasteiger partial charge in [-0.2, -0.15) is 0 Å². The van der Waals surface area contributed by atoms with Gasteiger partial charge in [0.2, 0.25) is 0 Å². The highest BCUT2D eigenvalue weighted by atomic mass is 35.5. The average Bonchev–Trinajstić information content (AvgIpc) is 3.02. The van der Waals surface area contributed by atoms with Crippen LogP contribution in [0.2, 0.25) is 5.02 Å². The summed E-state index contributed by atoms with van der Waals surface area (Å²) in [4.78, 5) is 12.3. The number of hydrogen-bond donors (Lipinski definition) is 1. The van der Waals surface area contributed by atoms with E-state index in [1.54, 1.807) is 32.2 Å². The van der Waals surface area contributed by atoms with Crippen LogP contribution in [-0.4, -0.2) is 19.1 Å². The lowest BCUT2D eigenvalue weighted by molar-refractivity contribution is -0.122. The van der Waals surface area contributed by atoms with Gasteiger partial charge in [-0.1, -0.05) is 17.7 Å². The molecule has 0 aliphatic heterocycles. The first-order valence-corrected chi connectivity index (χ1v) is 8.37. The minimum Gasteiger partial charge on any atom is -0.495 e. The monoisotopic (exact) mass is 345 g/mol. The Bertz CT molecular complexity index is 760. The van der Waals surface area contributed by atoms with Crippen molar-refractivity contribution in [1.82, 2.24) is 0 Å². The van der Waals surface area contributed by atoms with E-state index in [1.807, 2.05) is 12.1 Å². The van der Waals surface area contributed by atoms with Crippen LogP contribution in [0.4, 0.5) is 5.69 Å². The predicted molar refractivity (Wildman–Crippen MR) is 95.2 cm³/mol. The van der Waals surface area contributed by atoms with Crippen molar-refractivity contribution in [3.63, 3.8) is 0 Å². The average molecular weight is 346 g/mol. The summed E-state index contributed by atoms with van der Waals surface area (Å²) in [7, 11) is 1.55. The molecule has 1 unspecified atom stereocenters. The number of ether oxygens (including phenoxy) is 2. The zero-order valence-corrected chi connectivity index (χ0v) is 14.5. The van der Waals surface area contributed by atoms with Crippen LogP contribution in [0.25, 0.3) is 0 Å². The van der Waals surface area contributed by atoms with Gasteiger partial charge in [0.15, 0.2) is 6.10 Å². The van der Waals surface area contributed by atoms with E-state index in [0.717, 1.165) is 18.6 Å². The van der Waals surface area contributed by atoms with Gasteiger partial charge in [-0.25, -0.2) is 0 Å². The normalized spacial score (nSPS) is 14.0. The number of fused-ring (bicyclic) bond motifs is 1. The smallest absolute Gasteiger partial charge is 0.265 e. The highest BCUT2D eigenvalue weighted by Gasteiger charge is 2.17. The molecular formula is C19H20ClNO3. The Morgan fingerprint density at radius 3 is 2.71 bits per heavy atom. The lowest BCUT2D eigenvalue weighted by Gasteiger charge is -2.16. The first-order chi connectivity index (χ1) is 11.6. The molecule has 1 aliphatic rings. The standard InChI is InChI=1S/C19H20ClNO3/c1-12(24-16-8-6-13-4-3-5-14(13)10-16)19(22)21-15-7-9-18(23-2)17(20)11-15/h6-12H,3-5H2,1-2H3,(H,21,22). The molecule has 2 aromatic carbocycles. The van der Waals surface area contributed by atoms with Gasteiger partial charge < -0.3 is 14.8 Å². The Balaban J connectivity index is 1.63. The molecule has 0 aromatic heterocycles. The third kappa shape index (κ3) is 3.65. The minimum absolute atomic E-state index is 0.225. The van der Waals surface area contributed by atoms with Crippen LogP contribution in [-0.2, 0) is 17.6 Å². The number of aryl methyl sites for hydroxylation is 2. The molecule has 1 atom stereocenters. The van der Waals surface area contributed by atoms with Crippen LogP contribution in [0.15, 0.2) is 36.4 Å². The third-order valence-electron chi connectivity index (χ3n) is 4.17. The van der Waals surface area contributed by atoms with Crippen LogP contribution in [0, 0.1) is 0 Å². The Labute approximate surface area is 146 Å². The van der Waals surface area contributed by atoms with E-state index in [0.29, 0.717) is 16.5 Å². The van der Waals surface area contributed by atoms with Crippen LogP contribution in [0.1, 0.15) is 24.5 Å². The second kappa shape index (κ2) is 7.14. The molecule has 4 nitrogen and oxygen atoms in total. The molecule has 0 heterocycles. The van der Waals surface area contributed by atoms with Crippen LogP contribution < -0.4 is 14.8 Å². The van der Waals surface area contributed by atoms with Gasteiger partial charge in [0.05, 0.1) is 12.1 Å². The lowest BCUT2D eigenvalue weighted by atomic mass is 10.1. The molecule has 1 aliphatic carbocycles. The molecule has 0 fully saturated rings. The van der Waals surface area contributed by atoms with Crippen molar-refractivity contribution >= 4 is 23.2 Å². The van der Waals surface area contributed by atoms with Crippen LogP contribution in [0.3, 0.4) is 0 Å². The number of halogens is 1. The molecule has 1 N–H and O–H groups in total. The first-order valence-electron chi connectivity index (χ1n) is 7.99. The lowest BCUT2D eigenvalue weighted by Crippen LogP contribution is -2.30. The molecule has 2 aromatic rings. The minimum atomic E-state index is -0.606. The number of amides is 1. The molecule has 1 amide bonds. The topological polar surface area (TPSA) is 47.6 Å². The van der Waals surface area contributed by atoms with Crippen molar-refractivity contribution in [2.24, 2.45) is 0 Å². The quantitative estimate of drug-likeness (QED) is 0.881. The summed E-state index contributed by atoms with van der Waals surface area (Å²) in [5, 5.41) is 3.25. The Kier molecular flexibility index (Phi) is 4.95. The van der Waals surface area contributed by atoms with Gasteiger partial charge in [0.1, 0.15) is 11.5 Å². The fraction of sp³-hybridized carbons (Fsp3) is 0.316. The van der Waals surface area contributed by atoms with Crippen molar-refractivity contribution in [2.45, 2.75) is 32.3 Å². The summed E-state index contributed by atoms with van der Waals surface area (Å²) >= 11 is 6.07. The van der Waals surface area contributed by atoms with E-state index >= 15 is 0 Å². The number of anilines is 1. The number of rotatable bonds is 5. The summed E-state index contributed by atoms with van der Waals surface area (Å²) in [6.45, 7) is 1.73. The molecular weight excluding hydrogens is 326 g/mol. The SMILES string of the molecule is COc1ccc(NC(=O)C(C)Oc2ccc3c(c2)CCC3)cc1Cl. The van der Waals surface area contributed by atoms with E-state index in [1.165, 1.54) is 17.5 Å². The second-order valence-electron chi connectivity index (χ2n) is 5.88. The van der Waals surface area contributed by atoms with Crippen molar-refractivity contribution in [3.8, 4) is 11.5 Å². The second-order valence-corrected chi connectivity index (χ2v) is 6.29. The summed E-state index contributed by atoms with van der Waals surface area (Å²) in [6.07, 6.45) is 2.79. The molecule has 0 saturated carbocycles. The van der Waals surface area contributed by atoms with Crippen molar-refractivity contribution in [2.75, 3.05) is 12.4 Å². The number of methoxy groups -OCH3 is 1. The third-order valence-corrected chi connectivity index (χ3v) is 4.47. The fourth-order valence-electron chi connectivity index (χ4n) is 2.87. The number of hydrogen-bond acceptors (Lipinski definition) is 3. The Hall–Kier alpha value is -2.20. The van der Waals surface area contributed by atoms with Gasteiger partial charge in [-0.3, -0.25) is 4.79 Å². The number of benzene rings is 2. The first kappa shape index (κ1) is 16.7. The van der Waals surface area contributed by atoms with Gasteiger partial charge in [-0.15, -0.1) is 0 Å². The maximum Gasteiger partial charge on any atom is 0.265 e. The van der Waals surface area contributed by atoms with Crippen molar-refractivity contribution in [1.29, 1.82) is 0 Å². The van der Waals surface area contributed by atoms with Crippen LogP contribution in [0.5, 0.6) is 11.5 Å². The summed E-state index contributed by atoms with van der Waals surface area (Å²) in [5.74, 6) is 1.07. The van der Waals surface area contributed by atoms with Gasteiger partial charge in [0, 0.05) is 5.69 Å². The molecule has 0 bridgehead atoms. The van der Waals surface area contributed by atoms with E-state index in [-0.39, 0.29) is 5.91 Å². The maximum atomic E-state index is 12.3. The zero-order chi connectivity index (χ0) is 17.1. The Morgan fingerprint density at radius 1 is 1.17 bits per heavy atom. The highest BCUT2D eigenvalue weighted by Crippen LogP contribution is 2.28.